The number of methoxy groups -OCH3 is 1. The number of hydrogen-bond donors (Lipinski definition) is 0. The van der Waals surface area contributed by atoms with Gasteiger partial charge in [-0.2, -0.15) is 5.10 Å². The number of carbonyl (C=O) groups excluding carboxylic acids is 2. The highest BCUT2D eigenvalue weighted by atomic mass is 35.5. The number of nitrogens with zero attached hydrogens (tertiary/aromatic N) is 3. The third-order valence-corrected chi connectivity index (χ3v) is 7.05. The average Bonchev–Trinajstić information content (AvgIpc) is 3.40. The monoisotopic (exact) mass is 459 g/mol. The topological polar surface area (TPSA) is 62.2 Å². The van der Waals surface area contributed by atoms with E-state index in [9.17, 15) is 9.59 Å². The van der Waals surface area contributed by atoms with Gasteiger partial charge in [-0.3, -0.25) is 9.59 Å². The summed E-state index contributed by atoms with van der Waals surface area (Å²) in [5.74, 6) is -0.114. The second-order valence-corrected chi connectivity index (χ2v) is 9.30. The molecule has 1 fully saturated rings. The molecule has 1 atom stereocenters. The van der Waals surface area contributed by atoms with Crippen LogP contribution in [0.2, 0.25) is 5.02 Å². The first kappa shape index (κ1) is 22.0. The lowest BCUT2D eigenvalue weighted by molar-refractivity contribution is -0.146. The Morgan fingerprint density at radius 1 is 1.26 bits per heavy atom. The average molecular weight is 460 g/mol. The number of ether oxygens (including phenoxy) is 1. The summed E-state index contributed by atoms with van der Waals surface area (Å²) in [5, 5.41) is 8.89. The van der Waals surface area contributed by atoms with Crippen molar-refractivity contribution in [3.05, 3.63) is 57.2 Å². The van der Waals surface area contributed by atoms with Crippen molar-refractivity contribution in [1.82, 2.24) is 9.91 Å². The van der Waals surface area contributed by atoms with Gasteiger partial charge in [0, 0.05) is 31.0 Å². The molecule has 6 nitrogen and oxygen atoms in total. The molecule has 0 N–H and O–H groups in total. The Kier molecular flexibility index (Phi) is 7.05. The molecule has 31 heavy (non-hydrogen) atoms. The maximum Gasteiger partial charge on any atom is 0.262 e. The quantitative estimate of drug-likeness (QED) is 0.589. The summed E-state index contributed by atoms with van der Waals surface area (Å²) in [4.78, 5) is 28.9. The third-order valence-electron chi connectivity index (χ3n) is 5.88. The summed E-state index contributed by atoms with van der Waals surface area (Å²) < 4.78 is 5.17. The van der Waals surface area contributed by atoms with E-state index in [2.05, 4.69) is 0 Å². The Morgan fingerprint density at radius 2 is 2.03 bits per heavy atom. The third kappa shape index (κ3) is 5.00. The predicted octanol–water partition coefficient (Wildman–Crippen LogP) is 4.35. The Morgan fingerprint density at radius 3 is 2.65 bits per heavy atom. The van der Waals surface area contributed by atoms with Gasteiger partial charge in [0.15, 0.2) is 0 Å². The maximum atomic E-state index is 13.4. The fraction of sp³-hybridized carbons (Fsp3) is 0.435. The van der Waals surface area contributed by atoms with Gasteiger partial charge in [-0.15, -0.1) is 11.3 Å². The molecule has 2 aliphatic rings. The minimum Gasteiger partial charge on any atom is -0.383 e. The standard InChI is InChI=1S/C23H26ClN3O3S/c1-30-12-11-26(23(29)17-4-2-5-17)15-22(28)27-20(16-7-9-18(24)10-8-16)14-19(25-27)21-6-3-13-31-21/h3,6-10,13,17,20H,2,4-5,11-12,14-15H2,1H3/t20-/m0/s1. The van der Waals surface area contributed by atoms with Crippen LogP contribution in [0.1, 0.15) is 42.2 Å². The second kappa shape index (κ2) is 9.94. The van der Waals surface area contributed by atoms with E-state index in [1.165, 1.54) is 0 Å². The Bertz CT molecular complexity index is 941. The molecule has 2 amide bonds. The number of hydrogen-bond acceptors (Lipinski definition) is 5. The molecule has 4 rings (SSSR count). The second-order valence-electron chi connectivity index (χ2n) is 7.91. The number of amides is 2. The van der Waals surface area contributed by atoms with Crippen LogP contribution in [-0.4, -0.2) is 54.2 Å². The van der Waals surface area contributed by atoms with Crippen molar-refractivity contribution in [2.45, 2.75) is 31.7 Å². The van der Waals surface area contributed by atoms with Crippen LogP contribution in [0.5, 0.6) is 0 Å². The Hall–Kier alpha value is -2.22. The zero-order valence-corrected chi connectivity index (χ0v) is 19.1. The van der Waals surface area contributed by atoms with E-state index in [1.54, 1.807) is 28.4 Å². The molecular formula is C23H26ClN3O3S. The van der Waals surface area contributed by atoms with E-state index in [-0.39, 0.29) is 30.3 Å². The van der Waals surface area contributed by atoms with E-state index in [4.69, 9.17) is 21.4 Å². The first-order valence-corrected chi connectivity index (χ1v) is 11.8. The Labute approximate surface area is 191 Å². The molecule has 0 spiro atoms. The van der Waals surface area contributed by atoms with Crippen LogP contribution in [0, 0.1) is 5.92 Å². The molecule has 1 aromatic heterocycles. The highest BCUT2D eigenvalue weighted by molar-refractivity contribution is 7.12. The van der Waals surface area contributed by atoms with Crippen LogP contribution in [0.15, 0.2) is 46.9 Å². The molecule has 8 heteroatoms. The summed E-state index contributed by atoms with van der Waals surface area (Å²) in [6.07, 6.45) is 3.49. The van der Waals surface area contributed by atoms with E-state index in [1.807, 2.05) is 41.8 Å². The van der Waals surface area contributed by atoms with E-state index >= 15 is 0 Å². The minimum absolute atomic E-state index is 0.00397. The molecule has 0 radical (unpaired) electrons. The van der Waals surface area contributed by atoms with Gasteiger partial charge in [0.25, 0.3) is 5.91 Å². The van der Waals surface area contributed by atoms with Gasteiger partial charge in [-0.1, -0.05) is 36.2 Å². The van der Waals surface area contributed by atoms with Crippen LogP contribution >= 0.6 is 22.9 Å². The molecule has 2 heterocycles. The highest BCUT2D eigenvalue weighted by Crippen LogP contribution is 2.35. The number of thiophene rings is 1. The van der Waals surface area contributed by atoms with Crippen molar-refractivity contribution in [2.75, 3.05) is 26.8 Å². The van der Waals surface area contributed by atoms with Gasteiger partial charge in [0.2, 0.25) is 5.91 Å². The molecule has 1 aliphatic carbocycles. The normalized spacial score (nSPS) is 18.6. The van der Waals surface area contributed by atoms with Crippen molar-refractivity contribution >= 4 is 40.5 Å². The first-order valence-electron chi connectivity index (χ1n) is 10.5. The van der Waals surface area contributed by atoms with E-state index < -0.39 is 0 Å². The zero-order chi connectivity index (χ0) is 21.8. The first-order chi connectivity index (χ1) is 15.1. The van der Waals surface area contributed by atoms with Crippen molar-refractivity contribution in [2.24, 2.45) is 11.0 Å². The predicted molar refractivity (Wildman–Crippen MR) is 122 cm³/mol. The lowest BCUT2D eigenvalue weighted by atomic mass is 9.84. The summed E-state index contributed by atoms with van der Waals surface area (Å²) in [6, 6.07) is 11.3. The SMILES string of the molecule is COCCN(CC(=O)N1N=C(c2cccs2)C[C@H]1c1ccc(Cl)cc1)C(=O)C1CCC1. The van der Waals surface area contributed by atoms with Gasteiger partial charge >= 0.3 is 0 Å². The minimum atomic E-state index is -0.218. The molecular weight excluding hydrogens is 434 g/mol. The fourth-order valence-corrected chi connectivity index (χ4v) is 4.74. The number of rotatable bonds is 8. The van der Waals surface area contributed by atoms with Crippen molar-refractivity contribution < 1.29 is 14.3 Å². The van der Waals surface area contributed by atoms with Gasteiger partial charge < -0.3 is 9.64 Å². The lowest BCUT2D eigenvalue weighted by Gasteiger charge is -2.32. The fourth-order valence-electron chi connectivity index (χ4n) is 3.89. The molecule has 0 saturated heterocycles. The van der Waals surface area contributed by atoms with Gasteiger partial charge in [-0.25, -0.2) is 5.01 Å². The van der Waals surface area contributed by atoms with Crippen LogP contribution < -0.4 is 0 Å². The van der Waals surface area contributed by atoms with Gasteiger partial charge in [-0.05, 0) is 42.0 Å². The summed E-state index contributed by atoms with van der Waals surface area (Å²) >= 11 is 7.67. The number of hydrazone groups is 1. The highest BCUT2D eigenvalue weighted by Gasteiger charge is 2.36. The zero-order valence-electron chi connectivity index (χ0n) is 17.5. The Balaban J connectivity index is 1.56. The summed E-state index contributed by atoms with van der Waals surface area (Å²) in [5.41, 5.74) is 1.86. The molecule has 2 aromatic rings. The summed E-state index contributed by atoms with van der Waals surface area (Å²) in [7, 11) is 1.60. The largest absolute Gasteiger partial charge is 0.383 e. The molecule has 0 unspecified atom stereocenters. The van der Waals surface area contributed by atoms with Crippen molar-refractivity contribution in [3.8, 4) is 0 Å². The number of halogens is 1. The van der Waals surface area contributed by atoms with Crippen molar-refractivity contribution in [3.63, 3.8) is 0 Å². The van der Waals surface area contributed by atoms with E-state index in [0.29, 0.717) is 24.6 Å². The molecule has 0 bridgehead atoms. The van der Waals surface area contributed by atoms with Gasteiger partial charge in [0.1, 0.15) is 6.54 Å². The number of benzene rings is 1. The van der Waals surface area contributed by atoms with E-state index in [0.717, 1.165) is 35.4 Å². The smallest absolute Gasteiger partial charge is 0.262 e. The lowest BCUT2D eigenvalue weighted by Crippen LogP contribution is -2.46. The molecule has 1 aliphatic heterocycles. The van der Waals surface area contributed by atoms with Crippen LogP contribution in [0.25, 0.3) is 0 Å². The van der Waals surface area contributed by atoms with Gasteiger partial charge in [0.05, 0.1) is 23.2 Å². The molecule has 1 aromatic carbocycles. The molecule has 164 valence electrons. The van der Waals surface area contributed by atoms with Crippen LogP contribution in [0.4, 0.5) is 0 Å². The van der Waals surface area contributed by atoms with Crippen molar-refractivity contribution in [1.29, 1.82) is 0 Å². The summed E-state index contributed by atoms with van der Waals surface area (Å²) in [6.45, 7) is 0.804. The van der Waals surface area contributed by atoms with Crippen LogP contribution in [-0.2, 0) is 14.3 Å². The molecule has 1 saturated carbocycles. The maximum absolute atomic E-state index is 13.4. The van der Waals surface area contributed by atoms with Crippen LogP contribution in [0.3, 0.4) is 0 Å². The number of carbonyl (C=O) groups is 2.